The van der Waals surface area contributed by atoms with Gasteiger partial charge in [0.2, 0.25) is 0 Å². The number of H-pyrrole nitrogens is 1. The molecule has 4 aromatic rings. The minimum absolute atomic E-state index is 0.0190. The number of aldehydes is 1. The number of sulfone groups is 1. The Morgan fingerprint density at radius 1 is 1.06 bits per heavy atom. The molecule has 0 saturated carbocycles. The lowest BCUT2D eigenvalue weighted by Crippen LogP contribution is -2.10. The number of nitrogens with zero attached hydrogens (tertiary/aromatic N) is 1. The maximum absolute atomic E-state index is 11.8. The molecule has 1 aromatic heterocycles. The molecule has 0 amide bonds. The van der Waals surface area contributed by atoms with Crippen LogP contribution in [0.4, 0.5) is 5.82 Å². The molecule has 3 aromatic carbocycles. The van der Waals surface area contributed by atoms with Crippen LogP contribution in [-0.2, 0) is 14.6 Å². The minimum atomic E-state index is -3.27. The number of carbonyl (C=O) groups excluding carboxylic acids is 1. The van der Waals surface area contributed by atoms with Crippen LogP contribution in [0.2, 0.25) is 0 Å². The van der Waals surface area contributed by atoms with Crippen molar-refractivity contribution in [2.75, 3.05) is 18.1 Å². The summed E-state index contributed by atoms with van der Waals surface area (Å²) in [4.78, 5) is 14.7. The minimum Gasteiger partial charge on any atom is -0.478 e. The van der Waals surface area contributed by atoms with Gasteiger partial charge in [0, 0.05) is 18.0 Å². The highest BCUT2D eigenvalue weighted by atomic mass is 32.2. The number of nitrogens with one attached hydrogen (secondary N) is 2. The molecule has 2 N–H and O–H groups in total. The van der Waals surface area contributed by atoms with E-state index in [0.29, 0.717) is 23.2 Å². The number of para-hydroxylation sites is 1. The molecule has 34 heavy (non-hydrogen) atoms. The van der Waals surface area contributed by atoms with E-state index in [0.717, 1.165) is 5.82 Å². The summed E-state index contributed by atoms with van der Waals surface area (Å²) in [5, 5.41) is 13.1. The zero-order valence-corrected chi connectivity index (χ0v) is 19.7. The number of nitriles is 1. The van der Waals surface area contributed by atoms with E-state index in [-0.39, 0.29) is 10.6 Å². The van der Waals surface area contributed by atoms with Gasteiger partial charge in [0.25, 0.3) is 0 Å². The Hall–Kier alpha value is -4.09. The summed E-state index contributed by atoms with van der Waals surface area (Å²) in [7, 11) is -1.37. The van der Waals surface area contributed by atoms with Crippen molar-refractivity contribution < 1.29 is 17.9 Å². The van der Waals surface area contributed by atoms with E-state index in [4.69, 9.17) is 10.00 Å². The monoisotopic (exact) mass is 475 g/mol. The lowest BCUT2D eigenvalue weighted by molar-refractivity contribution is -0.113. The van der Waals surface area contributed by atoms with Crippen LogP contribution in [0.25, 0.3) is 10.9 Å². The first-order valence-electron chi connectivity index (χ1n) is 10.6. The van der Waals surface area contributed by atoms with E-state index in [1.54, 1.807) is 43.3 Å². The molecule has 0 aliphatic rings. The first-order valence-corrected chi connectivity index (χ1v) is 12.3. The van der Waals surface area contributed by atoms with Gasteiger partial charge in [-0.2, -0.15) is 5.26 Å². The van der Waals surface area contributed by atoms with Gasteiger partial charge in [-0.05, 0) is 54.1 Å². The highest BCUT2D eigenvalue weighted by Gasteiger charge is 2.15. The number of anilines is 1. The van der Waals surface area contributed by atoms with E-state index < -0.39 is 15.9 Å². The summed E-state index contributed by atoms with van der Waals surface area (Å²) in [6, 6.07) is 24.7. The topological polar surface area (TPSA) is 112 Å². The normalized spacial score (nSPS) is 11.6. The number of ether oxygens (including phenoxy) is 1. The van der Waals surface area contributed by atoms with Gasteiger partial charge in [-0.15, -0.1) is 0 Å². The van der Waals surface area contributed by atoms with Crippen molar-refractivity contribution in [3.63, 3.8) is 0 Å². The van der Waals surface area contributed by atoms with Gasteiger partial charge >= 0.3 is 0 Å². The Kier molecular flexibility index (Phi) is 8.06. The standard InChI is InChI=1S/C17H15NO4S.C9H10N2/c1-2-23(20,21)16-9-5-14(6-10-16)17(12-19)22-15-7-3-13(11-18)4-8-15;1-10-9-6-7-4-2-3-5-8(7)11-9/h3-10,12,17H,2H2,1H3;2-6,10-11H,1H3. The van der Waals surface area contributed by atoms with Crippen molar-refractivity contribution in [2.24, 2.45) is 0 Å². The molecular formula is C26H25N3O4S. The van der Waals surface area contributed by atoms with E-state index >= 15 is 0 Å². The fraction of sp³-hybridized carbons (Fsp3) is 0.154. The van der Waals surface area contributed by atoms with Crippen molar-refractivity contribution in [3.8, 4) is 11.8 Å². The molecule has 174 valence electrons. The molecule has 0 bridgehead atoms. The molecule has 0 aliphatic carbocycles. The van der Waals surface area contributed by atoms with Crippen molar-refractivity contribution >= 4 is 32.8 Å². The lowest BCUT2D eigenvalue weighted by Gasteiger charge is -2.14. The summed E-state index contributed by atoms with van der Waals surface area (Å²) in [6.45, 7) is 1.57. The third-order valence-electron chi connectivity index (χ3n) is 5.12. The Labute approximate surface area is 198 Å². The molecule has 0 fully saturated rings. The van der Waals surface area contributed by atoms with Gasteiger partial charge in [-0.3, -0.25) is 4.79 Å². The van der Waals surface area contributed by atoms with Gasteiger partial charge in [0.15, 0.2) is 22.2 Å². The van der Waals surface area contributed by atoms with Crippen LogP contribution in [0.3, 0.4) is 0 Å². The molecule has 1 atom stereocenters. The molecule has 0 spiro atoms. The fourth-order valence-electron chi connectivity index (χ4n) is 3.17. The number of benzene rings is 3. The summed E-state index contributed by atoms with van der Waals surface area (Å²) >= 11 is 0. The summed E-state index contributed by atoms with van der Waals surface area (Å²) in [5.74, 6) is 1.53. The molecule has 0 saturated heterocycles. The number of carbonyl (C=O) groups is 1. The van der Waals surface area contributed by atoms with Crippen molar-refractivity contribution in [1.82, 2.24) is 4.98 Å². The van der Waals surface area contributed by atoms with Gasteiger partial charge in [0.1, 0.15) is 11.6 Å². The van der Waals surface area contributed by atoms with Crippen LogP contribution in [0.5, 0.6) is 5.75 Å². The average Bonchev–Trinajstić information content (AvgIpc) is 3.32. The second-order valence-corrected chi connectivity index (χ2v) is 9.58. The second kappa shape index (κ2) is 11.2. The summed E-state index contributed by atoms with van der Waals surface area (Å²) < 4.78 is 29.1. The van der Waals surface area contributed by atoms with Crippen LogP contribution in [-0.4, -0.2) is 32.5 Å². The quantitative estimate of drug-likeness (QED) is 0.369. The van der Waals surface area contributed by atoms with Crippen molar-refractivity contribution in [2.45, 2.75) is 17.9 Å². The van der Waals surface area contributed by atoms with Gasteiger partial charge < -0.3 is 15.0 Å². The summed E-state index contributed by atoms with van der Waals surface area (Å²) in [5.41, 5.74) is 2.23. The van der Waals surface area contributed by atoms with Crippen LogP contribution >= 0.6 is 0 Å². The highest BCUT2D eigenvalue weighted by molar-refractivity contribution is 7.91. The number of hydrogen-bond donors (Lipinski definition) is 2. The van der Waals surface area contributed by atoms with Gasteiger partial charge in [-0.1, -0.05) is 37.3 Å². The van der Waals surface area contributed by atoms with E-state index in [1.165, 1.54) is 23.0 Å². The van der Waals surface area contributed by atoms with Crippen molar-refractivity contribution in [1.29, 1.82) is 5.26 Å². The van der Waals surface area contributed by atoms with E-state index in [9.17, 15) is 13.2 Å². The first kappa shape index (κ1) is 24.6. The number of hydrogen-bond acceptors (Lipinski definition) is 6. The maximum Gasteiger partial charge on any atom is 0.179 e. The molecular weight excluding hydrogens is 450 g/mol. The molecule has 0 radical (unpaired) electrons. The highest BCUT2D eigenvalue weighted by Crippen LogP contribution is 2.23. The maximum atomic E-state index is 11.8. The number of fused-ring (bicyclic) bond motifs is 1. The van der Waals surface area contributed by atoms with Gasteiger partial charge in [0.05, 0.1) is 22.3 Å². The van der Waals surface area contributed by atoms with Crippen LogP contribution in [0, 0.1) is 11.3 Å². The van der Waals surface area contributed by atoms with Crippen molar-refractivity contribution in [3.05, 3.63) is 90.0 Å². The Morgan fingerprint density at radius 2 is 1.74 bits per heavy atom. The molecule has 7 nitrogen and oxygen atoms in total. The number of aromatic nitrogens is 1. The number of aromatic amines is 1. The lowest BCUT2D eigenvalue weighted by atomic mass is 10.1. The Bertz CT molecular complexity index is 1350. The Balaban J connectivity index is 0.000000243. The molecule has 1 heterocycles. The predicted octanol–water partition coefficient (Wildman–Crippen LogP) is 4.88. The Morgan fingerprint density at radius 3 is 2.29 bits per heavy atom. The van der Waals surface area contributed by atoms with E-state index in [2.05, 4.69) is 28.5 Å². The van der Waals surface area contributed by atoms with E-state index in [1.807, 2.05) is 25.2 Å². The van der Waals surface area contributed by atoms with Crippen LogP contribution < -0.4 is 10.1 Å². The smallest absolute Gasteiger partial charge is 0.179 e. The van der Waals surface area contributed by atoms with Crippen LogP contribution in [0.1, 0.15) is 24.2 Å². The molecule has 8 heteroatoms. The molecule has 0 aliphatic heterocycles. The molecule has 1 unspecified atom stereocenters. The zero-order valence-electron chi connectivity index (χ0n) is 18.9. The zero-order chi connectivity index (χ0) is 24.6. The largest absolute Gasteiger partial charge is 0.478 e. The third kappa shape index (κ3) is 6.03. The van der Waals surface area contributed by atoms with Gasteiger partial charge in [-0.25, -0.2) is 8.42 Å². The fourth-order valence-corrected chi connectivity index (χ4v) is 4.05. The third-order valence-corrected chi connectivity index (χ3v) is 6.87. The summed E-state index contributed by atoms with van der Waals surface area (Å²) in [6.07, 6.45) is -0.206. The first-order chi connectivity index (χ1) is 16.4. The SMILES string of the molecule is CCS(=O)(=O)c1ccc(C(C=O)Oc2ccc(C#N)cc2)cc1.CNc1cc2ccccc2[nH]1. The van der Waals surface area contributed by atoms with Crippen LogP contribution in [0.15, 0.2) is 83.8 Å². The predicted molar refractivity (Wildman–Crippen MR) is 133 cm³/mol. The average molecular weight is 476 g/mol. The number of rotatable bonds is 7. The molecule has 4 rings (SSSR count). The second-order valence-electron chi connectivity index (χ2n) is 7.30.